The predicted octanol–water partition coefficient (Wildman–Crippen LogP) is 18.5. The minimum atomic E-state index is -0.867. The van der Waals surface area contributed by atoms with Gasteiger partial charge in [-0.2, -0.15) is 0 Å². The van der Waals surface area contributed by atoms with E-state index in [0.29, 0.717) is 6.42 Å². The van der Waals surface area contributed by atoms with Gasteiger partial charge in [0.25, 0.3) is 0 Å². The van der Waals surface area contributed by atoms with E-state index in [1.54, 1.807) is 6.08 Å². The van der Waals surface area contributed by atoms with Crippen molar-refractivity contribution in [1.29, 1.82) is 0 Å². The summed E-state index contributed by atoms with van der Waals surface area (Å²) in [4.78, 5) is 12.4. The lowest BCUT2D eigenvalue weighted by Gasteiger charge is -2.19. The van der Waals surface area contributed by atoms with Crippen LogP contribution in [0.15, 0.2) is 36.5 Å². The smallest absolute Gasteiger partial charge is 0.220 e. The van der Waals surface area contributed by atoms with Gasteiger partial charge >= 0.3 is 0 Å². The highest BCUT2D eigenvalue weighted by Gasteiger charge is 2.18. The fraction of sp³-hybridized carbons (Fsp3) is 0.879. The standard InChI is InChI=1S/C58H111NO3/c1-3-5-7-9-11-13-15-17-19-20-21-22-23-24-25-26-27-28-29-30-31-32-33-34-35-36-37-38-39-40-42-44-46-48-50-52-54-58(62)59-56(55-60)57(61)53-51-49-47-45-43-41-18-16-14-12-10-8-6-4-2/h14,16,43,45,51,53,56-57,60-61H,3-13,15,17-42,44,46-50,52,54-55H2,1-2H3,(H,59,62)/b16-14+,45-43+,53-51+. The van der Waals surface area contributed by atoms with Gasteiger partial charge in [-0.05, 0) is 44.9 Å². The van der Waals surface area contributed by atoms with Gasteiger partial charge in [0.1, 0.15) is 0 Å². The van der Waals surface area contributed by atoms with Gasteiger partial charge in [-0.3, -0.25) is 4.79 Å². The van der Waals surface area contributed by atoms with Crippen molar-refractivity contribution in [1.82, 2.24) is 5.32 Å². The third-order valence-corrected chi connectivity index (χ3v) is 13.1. The summed E-state index contributed by atoms with van der Waals surface area (Å²) >= 11 is 0. The van der Waals surface area contributed by atoms with Gasteiger partial charge in [-0.1, -0.05) is 294 Å². The van der Waals surface area contributed by atoms with Crippen molar-refractivity contribution < 1.29 is 15.0 Å². The Morgan fingerprint density at radius 2 is 0.629 bits per heavy atom. The molecule has 0 saturated heterocycles. The molecule has 0 aliphatic heterocycles. The highest BCUT2D eigenvalue weighted by atomic mass is 16.3. The Hall–Kier alpha value is -1.39. The molecule has 0 fully saturated rings. The Balaban J connectivity index is 3.40. The van der Waals surface area contributed by atoms with Crippen molar-refractivity contribution in [2.45, 2.75) is 321 Å². The molecule has 4 heteroatoms. The molecule has 0 heterocycles. The highest BCUT2D eigenvalue weighted by molar-refractivity contribution is 5.76. The summed E-state index contributed by atoms with van der Waals surface area (Å²) in [6, 6.07) is -0.643. The fourth-order valence-corrected chi connectivity index (χ4v) is 8.80. The van der Waals surface area contributed by atoms with Crippen LogP contribution in [0.3, 0.4) is 0 Å². The molecule has 2 unspecified atom stereocenters. The van der Waals surface area contributed by atoms with Gasteiger partial charge in [0.15, 0.2) is 0 Å². The summed E-state index contributed by atoms with van der Waals surface area (Å²) < 4.78 is 0. The van der Waals surface area contributed by atoms with Crippen LogP contribution in [0.5, 0.6) is 0 Å². The minimum absolute atomic E-state index is 0.0735. The molecule has 4 nitrogen and oxygen atoms in total. The highest BCUT2D eigenvalue weighted by Crippen LogP contribution is 2.18. The van der Waals surface area contributed by atoms with Crippen molar-refractivity contribution >= 4 is 5.91 Å². The van der Waals surface area contributed by atoms with E-state index in [0.717, 1.165) is 38.5 Å². The van der Waals surface area contributed by atoms with Gasteiger partial charge < -0.3 is 15.5 Å². The molecule has 0 aromatic heterocycles. The summed E-state index contributed by atoms with van der Waals surface area (Å²) in [5.74, 6) is -0.0735. The van der Waals surface area contributed by atoms with Crippen LogP contribution in [0, 0.1) is 0 Å². The lowest BCUT2D eigenvalue weighted by molar-refractivity contribution is -0.123. The molecule has 0 rings (SSSR count). The molecule has 0 saturated carbocycles. The number of aliphatic hydroxyl groups excluding tert-OH is 2. The van der Waals surface area contributed by atoms with Crippen molar-refractivity contribution in [3.8, 4) is 0 Å². The molecule has 62 heavy (non-hydrogen) atoms. The third-order valence-electron chi connectivity index (χ3n) is 13.1. The zero-order valence-electron chi connectivity index (χ0n) is 42.2. The van der Waals surface area contributed by atoms with E-state index in [-0.39, 0.29) is 12.5 Å². The maximum Gasteiger partial charge on any atom is 0.220 e. The fourth-order valence-electron chi connectivity index (χ4n) is 8.80. The summed E-state index contributed by atoms with van der Waals surface area (Å²) in [6.45, 7) is 4.29. The summed E-state index contributed by atoms with van der Waals surface area (Å²) in [7, 11) is 0. The normalized spacial score (nSPS) is 13.0. The number of nitrogens with one attached hydrogen (secondary N) is 1. The Kier molecular flexibility index (Phi) is 52.7. The van der Waals surface area contributed by atoms with Crippen LogP contribution in [0.4, 0.5) is 0 Å². The van der Waals surface area contributed by atoms with Crippen LogP contribution in [0.2, 0.25) is 0 Å². The molecule has 0 aliphatic carbocycles. The Morgan fingerprint density at radius 3 is 0.935 bits per heavy atom. The molecule has 0 aliphatic rings. The first kappa shape index (κ1) is 60.6. The van der Waals surface area contributed by atoms with E-state index in [1.165, 1.54) is 250 Å². The maximum absolute atomic E-state index is 12.4. The number of aliphatic hydroxyl groups is 2. The molecular formula is C58H111NO3. The van der Waals surface area contributed by atoms with E-state index in [9.17, 15) is 15.0 Å². The average molecular weight is 871 g/mol. The van der Waals surface area contributed by atoms with E-state index in [1.807, 2.05) is 6.08 Å². The molecule has 0 spiro atoms. The second-order valence-electron chi connectivity index (χ2n) is 19.3. The van der Waals surface area contributed by atoms with Crippen LogP contribution < -0.4 is 5.32 Å². The van der Waals surface area contributed by atoms with Crippen molar-refractivity contribution in [3.63, 3.8) is 0 Å². The molecule has 0 aromatic rings. The number of hydrogen-bond donors (Lipinski definition) is 3. The molecule has 0 bridgehead atoms. The lowest BCUT2D eigenvalue weighted by Crippen LogP contribution is -2.45. The molecular weight excluding hydrogens is 759 g/mol. The second kappa shape index (κ2) is 53.9. The Morgan fingerprint density at radius 1 is 0.371 bits per heavy atom. The number of allylic oxidation sites excluding steroid dienone is 5. The van der Waals surface area contributed by atoms with E-state index >= 15 is 0 Å². The summed E-state index contributed by atoms with van der Waals surface area (Å²) in [5, 5.41) is 23.0. The zero-order chi connectivity index (χ0) is 44.9. The van der Waals surface area contributed by atoms with Crippen LogP contribution in [-0.4, -0.2) is 34.9 Å². The van der Waals surface area contributed by atoms with Crippen LogP contribution in [0.1, 0.15) is 309 Å². The number of amides is 1. The van der Waals surface area contributed by atoms with Gasteiger partial charge in [0.2, 0.25) is 5.91 Å². The van der Waals surface area contributed by atoms with Gasteiger partial charge in [-0.15, -0.1) is 0 Å². The number of rotatable bonds is 52. The Labute approximate surface area is 389 Å². The number of hydrogen-bond acceptors (Lipinski definition) is 3. The van der Waals surface area contributed by atoms with Gasteiger partial charge in [-0.25, -0.2) is 0 Å². The minimum Gasteiger partial charge on any atom is -0.394 e. The van der Waals surface area contributed by atoms with Crippen LogP contribution >= 0.6 is 0 Å². The van der Waals surface area contributed by atoms with Crippen molar-refractivity contribution in [2.24, 2.45) is 0 Å². The monoisotopic (exact) mass is 870 g/mol. The van der Waals surface area contributed by atoms with Gasteiger partial charge in [0, 0.05) is 6.42 Å². The van der Waals surface area contributed by atoms with Crippen molar-refractivity contribution in [2.75, 3.05) is 6.61 Å². The average Bonchev–Trinajstić information content (AvgIpc) is 3.28. The molecule has 0 radical (unpaired) electrons. The SMILES string of the molecule is CCCCCC/C=C/CC/C=C/CC/C=C/C(O)C(CO)NC(=O)CCCCCCCCCCCCCCCCCCCCCCCCCCCCCCCCCCCCCC. The summed E-state index contributed by atoms with van der Waals surface area (Å²) in [5.41, 5.74) is 0. The van der Waals surface area contributed by atoms with E-state index < -0.39 is 12.1 Å². The first-order valence-corrected chi connectivity index (χ1v) is 28.2. The van der Waals surface area contributed by atoms with Crippen molar-refractivity contribution in [3.05, 3.63) is 36.5 Å². The first-order valence-electron chi connectivity index (χ1n) is 28.2. The first-order chi connectivity index (χ1) is 30.7. The maximum atomic E-state index is 12.4. The second-order valence-corrected chi connectivity index (χ2v) is 19.3. The Bertz CT molecular complexity index is 943. The van der Waals surface area contributed by atoms with Crippen LogP contribution in [-0.2, 0) is 4.79 Å². The number of unbranched alkanes of at least 4 members (excludes halogenated alkanes) is 41. The largest absolute Gasteiger partial charge is 0.394 e. The quantitative estimate of drug-likeness (QED) is 0.0421. The molecule has 2 atom stereocenters. The van der Waals surface area contributed by atoms with E-state index in [2.05, 4.69) is 43.5 Å². The topological polar surface area (TPSA) is 69.6 Å². The molecule has 0 aromatic carbocycles. The third kappa shape index (κ3) is 49.6. The zero-order valence-corrected chi connectivity index (χ0v) is 42.2. The number of carbonyl (C=O) groups excluding carboxylic acids is 1. The molecule has 3 N–H and O–H groups in total. The number of carbonyl (C=O) groups is 1. The molecule has 366 valence electrons. The van der Waals surface area contributed by atoms with E-state index in [4.69, 9.17) is 0 Å². The van der Waals surface area contributed by atoms with Crippen LogP contribution in [0.25, 0.3) is 0 Å². The summed E-state index contributed by atoms with van der Waals surface area (Å²) in [6.07, 6.45) is 73.3. The predicted molar refractivity (Wildman–Crippen MR) is 276 cm³/mol. The lowest BCUT2D eigenvalue weighted by atomic mass is 10.0. The van der Waals surface area contributed by atoms with Gasteiger partial charge in [0.05, 0.1) is 18.8 Å². The molecule has 1 amide bonds.